The quantitative estimate of drug-likeness (QED) is 0.406. The molecule has 0 heterocycles. The summed E-state index contributed by atoms with van der Waals surface area (Å²) in [5.74, 6) is 0.968. The highest BCUT2D eigenvalue weighted by Crippen LogP contribution is 2.17. The topological polar surface area (TPSA) is 45.7 Å². The summed E-state index contributed by atoms with van der Waals surface area (Å²) in [5.41, 5.74) is 0. The van der Waals surface area contributed by atoms with Crippen molar-refractivity contribution in [3.05, 3.63) is 0 Å². The van der Waals surface area contributed by atoms with E-state index >= 15 is 0 Å². The number of guanidine groups is 1. The van der Waals surface area contributed by atoms with Gasteiger partial charge in [-0.3, -0.25) is 4.99 Å². The van der Waals surface area contributed by atoms with E-state index in [4.69, 9.17) is 4.74 Å². The first-order valence-corrected chi connectivity index (χ1v) is 6.99. The molecule has 0 aromatic rings. The highest BCUT2D eigenvalue weighted by atomic mass is 16.5. The molecule has 0 radical (unpaired) electrons. The Balaban J connectivity index is 2.22. The van der Waals surface area contributed by atoms with Gasteiger partial charge in [-0.2, -0.15) is 0 Å². The molecule has 0 aromatic heterocycles. The van der Waals surface area contributed by atoms with E-state index in [1.165, 1.54) is 25.7 Å². The van der Waals surface area contributed by atoms with E-state index in [0.29, 0.717) is 6.04 Å². The van der Waals surface area contributed by atoms with Crippen LogP contribution in [0.5, 0.6) is 0 Å². The predicted molar refractivity (Wildman–Crippen MR) is 72.5 cm³/mol. The van der Waals surface area contributed by atoms with Gasteiger partial charge in [-0.1, -0.05) is 12.8 Å². The van der Waals surface area contributed by atoms with Gasteiger partial charge in [-0.25, -0.2) is 0 Å². The zero-order valence-electron chi connectivity index (χ0n) is 11.3. The molecule has 2 N–H and O–H groups in total. The van der Waals surface area contributed by atoms with Crippen LogP contribution in [0.25, 0.3) is 0 Å². The van der Waals surface area contributed by atoms with E-state index in [9.17, 15) is 0 Å². The van der Waals surface area contributed by atoms with Crippen LogP contribution in [0.1, 0.15) is 46.0 Å². The Hall–Kier alpha value is -0.770. The summed E-state index contributed by atoms with van der Waals surface area (Å²) in [6.45, 7) is 7.49. The number of rotatable bonds is 7. The molecule has 1 saturated carbocycles. The molecular formula is C13H27N3O. The van der Waals surface area contributed by atoms with Crippen LogP contribution in [0.15, 0.2) is 4.99 Å². The van der Waals surface area contributed by atoms with Gasteiger partial charge in [-0.05, 0) is 33.1 Å². The van der Waals surface area contributed by atoms with Gasteiger partial charge in [0, 0.05) is 32.3 Å². The average Bonchev–Trinajstić information content (AvgIpc) is 2.82. The minimum Gasteiger partial charge on any atom is -0.382 e. The lowest BCUT2D eigenvalue weighted by Crippen LogP contribution is -2.42. The third-order valence-electron chi connectivity index (χ3n) is 2.96. The summed E-state index contributed by atoms with van der Waals surface area (Å²) in [6.07, 6.45) is 6.25. The number of nitrogens with zero attached hydrogens (tertiary/aromatic N) is 1. The van der Waals surface area contributed by atoms with E-state index in [2.05, 4.69) is 22.5 Å². The smallest absolute Gasteiger partial charge is 0.191 e. The maximum atomic E-state index is 5.30. The number of hydrogen-bond donors (Lipinski definition) is 2. The molecule has 0 spiro atoms. The standard InChI is InChI=1S/C13H27N3O/c1-3-14-13(15-10-7-11-17-4-2)16-12-8-5-6-9-12/h12H,3-11H2,1-2H3,(H2,14,15,16). The summed E-state index contributed by atoms with van der Waals surface area (Å²) < 4.78 is 5.30. The van der Waals surface area contributed by atoms with Crippen molar-refractivity contribution in [1.29, 1.82) is 0 Å². The molecule has 1 fully saturated rings. The number of hydrogen-bond acceptors (Lipinski definition) is 2. The van der Waals surface area contributed by atoms with E-state index < -0.39 is 0 Å². The second-order valence-electron chi connectivity index (χ2n) is 4.44. The summed E-state index contributed by atoms with van der Waals surface area (Å²) >= 11 is 0. The Morgan fingerprint density at radius 2 is 2.06 bits per heavy atom. The second kappa shape index (κ2) is 9.28. The van der Waals surface area contributed by atoms with Crippen LogP contribution in [-0.2, 0) is 4.74 Å². The molecule has 0 aliphatic heterocycles. The van der Waals surface area contributed by atoms with Crippen LogP contribution < -0.4 is 10.6 Å². The Kier molecular flexibility index (Phi) is 7.80. The largest absolute Gasteiger partial charge is 0.382 e. The third-order valence-corrected chi connectivity index (χ3v) is 2.96. The van der Waals surface area contributed by atoms with Crippen LogP contribution in [0.3, 0.4) is 0 Å². The lowest BCUT2D eigenvalue weighted by atomic mass is 10.2. The Labute approximate surface area is 105 Å². The van der Waals surface area contributed by atoms with Crippen molar-refractivity contribution in [3.8, 4) is 0 Å². The maximum Gasteiger partial charge on any atom is 0.191 e. The normalized spacial score (nSPS) is 17.4. The number of nitrogens with one attached hydrogen (secondary N) is 2. The average molecular weight is 241 g/mol. The highest BCUT2D eigenvalue weighted by Gasteiger charge is 2.15. The first kappa shape index (κ1) is 14.3. The zero-order chi connectivity index (χ0) is 12.3. The van der Waals surface area contributed by atoms with Crippen molar-refractivity contribution >= 4 is 5.96 Å². The first-order valence-electron chi connectivity index (χ1n) is 6.99. The van der Waals surface area contributed by atoms with Crippen molar-refractivity contribution < 1.29 is 4.74 Å². The third kappa shape index (κ3) is 6.51. The molecule has 0 unspecified atom stereocenters. The van der Waals surface area contributed by atoms with Gasteiger partial charge in [0.2, 0.25) is 0 Å². The van der Waals surface area contributed by atoms with Crippen LogP contribution >= 0.6 is 0 Å². The molecule has 0 aromatic carbocycles. The maximum absolute atomic E-state index is 5.30. The number of aliphatic imine (C=N–C) groups is 1. The Morgan fingerprint density at radius 3 is 2.71 bits per heavy atom. The van der Waals surface area contributed by atoms with Crippen LogP contribution in [0, 0.1) is 0 Å². The molecule has 17 heavy (non-hydrogen) atoms. The minimum atomic E-state index is 0.625. The van der Waals surface area contributed by atoms with Gasteiger partial charge in [0.25, 0.3) is 0 Å². The fraction of sp³-hybridized carbons (Fsp3) is 0.923. The molecule has 4 nitrogen and oxygen atoms in total. The monoisotopic (exact) mass is 241 g/mol. The summed E-state index contributed by atoms with van der Waals surface area (Å²) in [6, 6.07) is 0.625. The van der Waals surface area contributed by atoms with E-state index in [0.717, 1.165) is 38.7 Å². The second-order valence-corrected chi connectivity index (χ2v) is 4.44. The highest BCUT2D eigenvalue weighted by molar-refractivity contribution is 5.80. The molecule has 4 heteroatoms. The lowest BCUT2D eigenvalue weighted by molar-refractivity contribution is 0.146. The van der Waals surface area contributed by atoms with Gasteiger partial charge >= 0.3 is 0 Å². The zero-order valence-corrected chi connectivity index (χ0v) is 11.3. The number of ether oxygens (including phenoxy) is 1. The van der Waals surface area contributed by atoms with Gasteiger partial charge in [0.05, 0.1) is 0 Å². The summed E-state index contributed by atoms with van der Waals surface area (Å²) in [5, 5.41) is 6.80. The Morgan fingerprint density at radius 1 is 1.29 bits per heavy atom. The van der Waals surface area contributed by atoms with E-state index in [1.807, 2.05) is 6.92 Å². The van der Waals surface area contributed by atoms with E-state index in [-0.39, 0.29) is 0 Å². The van der Waals surface area contributed by atoms with Crippen molar-refractivity contribution in [2.24, 2.45) is 4.99 Å². The van der Waals surface area contributed by atoms with Crippen molar-refractivity contribution in [1.82, 2.24) is 10.6 Å². The first-order chi connectivity index (χ1) is 8.36. The fourth-order valence-electron chi connectivity index (χ4n) is 2.09. The van der Waals surface area contributed by atoms with Crippen LogP contribution in [0.4, 0.5) is 0 Å². The van der Waals surface area contributed by atoms with Gasteiger partial charge in [0.1, 0.15) is 0 Å². The molecule has 0 bridgehead atoms. The summed E-state index contributed by atoms with van der Waals surface area (Å²) in [7, 11) is 0. The molecular weight excluding hydrogens is 214 g/mol. The van der Waals surface area contributed by atoms with Crippen LogP contribution in [-0.4, -0.2) is 38.3 Å². The molecule has 1 aliphatic carbocycles. The SMILES string of the molecule is CCNC(=NCCCOCC)NC1CCCC1. The molecule has 1 rings (SSSR count). The molecule has 1 aliphatic rings. The van der Waals surface area contributed by atoms with Gasteiger partial charge in [0.15, 0.2) is 5.96 Å². The molecule has 0 saturated heterocycles. The Bertz CT molecular complexity index is 213. The van der Waals surface area contributed by atoms with Gasteiger partial charge < -0.3 is 15.4 Å². The van der Waals surface area contributed by atoms with E-state index in [1.54, 1.807) is 0 Å². The van der Waals surface area contributed by atoms with Crippen molar-refractivity contribution in [2.45, 2.75) is 52.0 Å². The summed E-state index contributed by atoms with van der Waals surface area (Å²) in [4.78, 5) is 4.56. The van der Waals surface area contributed by atoms with Crippen molar-refractivity contribution in [3.63, 3.8) is 0 Å². The lowest BCUT2D eigenvalue weighted by Gasteiger charge is -2.16. The molecule has 100 valence electrons. The van der Waals surface area contributed by atoms with Crippen molar-refractivity contribution in [2.75, 3.05) is 26.3 Å². The van der Waals surface area contributed by atoms with Gasteiger partial charge in [-0.15, -0.1) is 0 Å². The predicted octanol–water partition coefficient (Wildman–Crippen LogP) is 1.91. The fourth-order valence-corrected chi connectivity index (χ4v) is 2.09. The molecule has 0 atom stereocenters. The van der Waals surface area contributed by atoms with Crippen LogP contribution in [0.2, 0.25) is 0 Å². The molecule has 0 amide bonds. The minimum absolute atomic E-state index is 0.625.